The smallest absolute Gasteiger partial charge is 0.362 e. The van der Waals surface area contributed by atoms with Gasteiger partial charge in [0.25, 0.3) is 0 Å². The van der Waals surface area contributed by atoms with Crippen molar-refractivity contribution in [1.82, 2.24) is 14.6 Å². The van der Waals surface area contributed by atoms with Gasteiger partial charge in [-0.1, -0.05) is 13.3 Å². The van der Waals surface area contributed by atoms with Crippen LogP contribution < -0.4 is 14.2 Å². The van der Waals surface area contributed by atoms with Crippen molar-refractivity contribution >= 4 is 44.6 Å². The van der Waals surface area contributed by atoms with Crippen molar-refractivity contribution in [2.24, 2.45) is 23.2 Å². The van der Waals surface area contributed by atoms with Crippen molar-refractivity contribution in [3.8, 4) is 11.6 Å². The summed E-state index contributed by atoms with van der Waals surface area (Å²) in [7, 11) is -2.81. The van der Waals surface area contributed by atoms with E-state index < -0.39 is 56.9 Å². The monoisotopic (exact) mass is 727 g/mol. The van der Waals surface area contributed by atoms with Crippen LogP contribution in [0.4, 0.5) is 0 Å². The fourth-order valence-electron chi connectivity index (χ4n) is 7.35. The maximum Gasteiger partial charge on any atom is 0.362 e. The molecule has 4 aliphatic rings. The molecule has 1 N–H and O–H groups in total. The summed E-state index contributed by atoms with van der Waals surface area (Å²) in [4.78, 5) is 61.3. The van der Waals surface area contributed by atoms with Crippen LogP contribution in [0.2, 0.25) is 0 Å². The second-order valence-corrected chi connectivity index (χ2v) is 17.2. The first-order chi connectivity index (χ1) is 23.9. The van der Waals surface area contributed by atoms with Crippen molar-refractivity contribution in [2.75, 3.05) is 13.7 Å². The summed E-state index contributed by atoms with van der Waals surface area (Å²) in [5, 5.41) is 1.57. The zero-order chi connectivity index (χ0) is 36.9. The summed E-state index contributed by atoms with van der Waals surface area (Å²) in [6.45, 7) is 8.92. The molecule has 5 atom stereocenters. The fourth-order valence-corrected chi connectivity index (χ4v) is 8.52. The van der Waals surface area contributed by atoms with Crippen LogP contribution in [0.15, 0.2) is 30.5 Å². The Morgan fingerprint density at radius 3 is 2.45 bits per heavy atom. The van der Waals surface area contributed by atoms with Crippen molar-refractivity contribution in [1.29, 1.82) is 0 Å². The van der Waals surface area contributed by atoms with Crippen molar-refractivity contribution in [3.63, 3.8) is 0 Å². The summed E-state index contributed by atoms with van der Waals surface area (Å²) < 4.78 is 50.2. The SMILES string of the molecule is CC[C@@H]1C[C@]1(CC(=O)[C@@H]1C[C@@H](Oc2nccc3cc(OC)ccc23)CN1C(=O)[C@@H](CC(=O)OC(C)(C)C)C1CC1)C(=O)NS(=O)(=O)OC1(C)CC1. The van der Waals surface area contributed by atoms with Gasteiger partial charge in [0.05, 0.1) is 43.1 Å². The molecule has 1 aromatic heterocycles. The number of aromatic nitrogens is 1. The van der Waals surface area contributed by atoms with E-state index in [1.54, 1.807) is 47.1 Å². The van der Waals surface area contributed by atoms with Crippen molar-refractivity contribution < 1.29 is 46.0 Å². The first kappa shape index (κ1) is 37.0. The lowest BCUT2D eigenvalue weighted by Crippen LogP contribution is -2.47. The summed E-state index contributed by atoms with van der Waals surface area (Å²) >= 11 is 0. The van der Waals surface area contributed by atoms with Gasteiger partial charge in [-0.3, -0.25) is 19.2 Å². The molecule has 2 amide bonds. The number of esters is 1. The van der Waals surface area contributed by atoms with E-state index in [2.05, 4.69) is 9.71 Å². The number of amides is 2. The third kappa shape index (κ3) is 8.48. The minimum absolute atomic E-state index is 0.0148. The van der Waals surface area contributed by atoms with E-state index in [1.165, 1.54) is 4.90 Å². The quantitative estimate of drug-likeness (QED) is 0.254. The number of hydrogen-bond acceptors (Lipinski definition) is 11. The maximum atomic E-state index is 14.4. The van der Waals surface area contributed by atoms with Crippen LogP contribution in [0.5, 0.6) is 11.6 Å². The van der Waals surface area contributed by atoms with Gasteiger partial charge in [0.2, 0.25) is 17.7 Å². The molecule has 14 heteroatoms. The largest absolute Gasteiger partial charge is 0.497 e. The van der Waals surface area contributed by atoms with Crippen LogP contribution in [0.1, 0.15) is 92.4 Å². The molecule has 0 spiro atoms. The van der Waals surface area contributed by atoms with Gasteiger partial charge in [-0.05, 0) is 101 Å². The highest BCUT2D eigenvalue weighted by Gasteiger charge is 2.62. The number of nitrogens with zero attached hydrogens (tertiary/aromatic N) is 2. The number of rotatable bonds is 15. The summed E-state index contributed by atoms with van der Waals surface area (Å²) in [6, 6.07) is 6.36. The van der Waals surface area contributed by atoms with E-state index in [0.29, 0.717) is 37.3 Å². The van der Waals surface area contributed by atoms with Gasteiger partial charge in [-0.15, -0.1) is 0 Å². The highest BCUT2D eigenvalue weighted by Crippen LogP contribution is 2.58. The number of hydrogen-bond donors (Lipinski definition) is 1. The number of likely N-dealkylation sites (tertiary alicyclic amines) is 1. The van der Waals surface area contributed by atoms with Gasteiger partial charge in [0, 0.05) is 24.4 Å². The lowest BCUT2D eigenvalue weighted by molar-refractivity contribution is -0.159. The van der Waals surface area contributed by atoms with Gasteiger partial charge in [0.1, 0.15) is 17.5 Å². The Balaban J connectivity index is 1.25. The predicted octanol–water partition coefficient (Wildman–Crippen LogP) is 4.66. The molecule has 0 radical (unpaired) electrons. The van der Waals surface area contributed by atoms with E-state index in [0.717, 1.165) is 23.6 Å². The van der Waals surface area contributed by atoms with Crippen LogP contribution >= 0.6 is 0 Å². The Labute approximate surface area is 299 Å². The summed E-state index contributed by atoms with van der Waals surface area (Å²) in [5.41, 5.74) is -2.80. The van der Waals surface area contributed by atoms with Crippen LogP contribution in [0, 0.1) is 23.2 Å². The van der Waals surface area contributed by atoms with Crippen molar-refractivity contribution in [2.45, 2.75) is 116 Å². The van der Waals surface area contributed by atoms with Crippen LogP contribution in [-0.2, 0) is 38.4 Å². The molecule has 0 unspecified atom stereocenters. The minimum atomic E-state index is -4.39. The lowest BCUT2D eigenvalue weighted by Gasteiger charge is -2.29. The van der Waals surface area contributed by atoms with Gasteiger partial charge in [-0.2, -0.15) is 8.42 Å². The summed E-state index contributed by atoms with van der Waals surface area (Å²) in [6.07, 6.45) is 4.36. The van der Waals surface area contributed by atoms with Crippen molar-refractivity contribution in [3.05, 3.63) is 30.5 Å². The van der Waals surface area contributed by atoms with Gasteiger partial charge < -0.3 is 19.1 Å². The van der Waals surface area contributed by atoms with Gasteiger partial charge in [-0.25, -0.2) is 13.9 Å². The Hall–Kier alpha value is -3.78. The molecule has 6 rings (SSSR count). The molecule has 4 fully saturated rings. The number of benzene rings is 1. The Bertz CT molecular complexity index is 1820. The number of ether oxygens (including phenoxy) is 3. The molecule has 2 aromatic rings. The first-order valence-corrected chi connectivity index (χ1v) is 19.3. The third-order valence-corrected chi connectivity index (χ3v) is 11.7. The van der Waals surface area contributed by atoms with E-state index in [1.807, 2.05) is 25.1 Å². The fraction of sp³-hybridized carbons (Fsp3) is 0.649. The maximum absolute atomic E-state index is 14.4. The minimum Gasteiger partial charge on any atom is -0.497 e. The molecular formula is C37H49N3O10S. The second kappa shape index (κ2) is 13.6. The van der Waals surface area contributed by atoms with Crippen LogP contribution in [-0.4, -0.2) is 78.9 Å². The average molecular weight is 728 g/mol. The number of nitrogens with one attached hydrogen (secondary N) is 1. The molecule has 3 saturated carbocycles. The van der Waals surface area contributed by atoms with E-state index in [-0.39, 0.29) is 49.3 Å². The number of ketones is 1. The van der Waals surface area contributed by atoms with E-state index >= 15 is 0 Å². The number of pyridine rings is 1. The molecule has 0 bridgehead atoms. The molecular weight excluding hydrogens is 678 g/mol. The number of carbonyl (C=O) groups excluding carboxylic acids is 4. The first-order valence-electron chi connectivity index (χ1n) is 17.9. The Morgan fingerprint density at radius 2 is 1.84 bits per heavy atom. The lowest BCUT2D eigenvalue weighted by atomic mass is 9.90. The Kier molecular flexibility index (Phi) is 9.90. The highest BCUT2D eigenvalue weighted by molar-refractivity contribution is 7.85. The molecule has 1 saturated heterocycles. The topological polar surface area (TPSA) is 168 Å². The zero-order valence-electron chi connectivity index (χ0n) is 30.2. The molecule has 51 heavy (non-hydrogen) atoms. The Morgan fingerprint density at radius 1 is 1.12 bits per heavy atom. The molecule has 2 heterocycles. The van der Waals surface area contributed by atoms with E-state index in [9.17, 15) is 27.6 Å². The van der Waals surface area contributed by atoms with Gasteiger partial charge >= 0.3 is 16.3 Å². The molecule has 1 aromatic carbocycles. The third-order valence-electron chi connectivity index (χ3n) is 10.6. The molecule has 278 valence electrons. The van der Waals surface area contributed by atoms with Gasteiger partial charge in [0.15, 0.2) is 5.78 Å². The number of carbonyl (C=O) groups is 4. The summed E-state index contributed by atoms with van der Waals surface area (Å²) in [5.74, 6) is -1.85. The second-order valence-electron chi connectivity index (χ2n) is 15.9. The van der Waals surface area contributed by atoms with Crippen LogP contribution in [0.3, 0.4) is 0 Å². The zero-order valence-corrected chi connectivity index (χ0v) is 31.0. The predicted molar refractivity (Wildman–Crippen MR) is 186 cm³/mol. The standard InChI is InChI=1S/C37H49N3O10S/c1-7-24-19-37(24,34(44)39-51(45,46)50-36(5)13-14-36)20-30(41)29-17-26(48-32-27-11-10-25(47-6)16-23(27)12-15-38-32)21-40(29)33(43)28(22-8-9-22)18-31(42)49-35(2,3)4/h10-12,15-16,22,24,26,28-29H,7-9,13-14,17-21H2,1-6H3,(H,39,44)/t24-,26-,28+,29+,37-/m1/s1. The normalized spacial score (nSPS) is 25.9. The molecule has 3 aliphatic carbocycles. The average Bonchev–Trinajstić information content (AvgIpc) is 4.00. The highest BCUT2D eigenvalue weighted by atomic mass is 32.2. The van der Waals surface area contributed by atoms with E-state index in [4.69, 9.17) is 18.4 Å². The number of Topliss-reactive ketones (excluding diaryl/α,β-unsaturated/α-hetero) is 1. The number of methoxy groups -OCH3 is 1. The number of fused-ring (bicyclic) bond motifs is 1. The van der Waals surface area contributed by atoms with Crippen LogP contribution in [0.25, 0.3) is 10.8 Å². The molecule has 13 nitrogen and oxygen atoms in total. The molecule has 1 aliphatic heterocycles.